The molecule has 0 aliphatic heterocycles. The van der Waals surface area contributed by atoms with E-state index >= 15 is 0 Å². The van der Waals surface area contributed by atoms with Crippen LogP contribution in [0, 0.1) is 10.1 Å². The minimum atomic E-state index is -0.705. The van der Waals surface area contributed by atoms with Crippen molar-refractivity contribution in [3.8, 4) is 0 Å². The first kappa shape index (κ1) is 32.2. The number of ether oxygens (including phenoxy) is 1. The Morgan fingerprint density at radius 2 is 1.53 bits per heavy atom. The van der Waals surface area contributed by atoms with Crippen LogP contribution in [0.25, 0.3) is 6.08 Å². The lowest BCUT2D eigenvalue weighted by Crippen LogP contribution is -2.30. The number of benzene rings is 4. The zero-order valence-electron chi connectivity index (χ0n) is 24.0. The molecule has 11 nitrogen and oxygen atoms in total. The van der Waals surface area contributed by atoms with Gasteiger partial charge in [-0.2, -0.15) is 0 Å². The van der Waals surface area contributed by atoms with Crippen molar-refractivity contribution in [1.29, 1.82) is 0 Å². The summed E-state index contributed by atoms with van der Waals surface area (Å²) in [5.41, 5.74) is 1.26. The molecule has 0 unspecified atom stereocenters. The fourth-order valence-electron chi connectivity index (χ4n) is 3.99. The number of hydrogen-bond acceptors (Lipinski definition) is 8. The zero-order chi connectivity index (χ0) is 32.2. The quantitative estimate of drug-likeness (QED) is 0.0577. The third kappa shape index (κ3) is 9.37. The van der Waals surface area contributed by atoms with Gasteiger partial charge in [-0.1, -0.05) is 36.4 Å². The van der Waals surface area contributed by atoms with Gasteiger partial charge in [0.2, 0.25) is 5.91 Å². The second kappa shape index (κ2) is 15.6. The molecule has 0 radical (unpaired) electrons. The van der Waals surface area contributed by atoms with E-state index in [9.17, 15) is 29.3 Å². The van der Waals surface area contributed by atoms with Gasteiger partial charge in [-0.3, -0.25) is 24.5 Å². The Labute approximate surface area is 262 Å². The molecule has 0 saturated heterocycles. The van der Waals surface area contributed by atoms with Crippen molar-refractivity contribution in [2.45, 2.75) is 11.8 Å². The molecular weight excluding hydrogens is 596 g/mol. The Morgan fingerprint density at radius 3 is 2.24 bits per heavy atom. The minimum Gasteiger partial charge on any atom is -0.462 e. The average molecular weight is 625 g/mol. The van der Waals surface area contributed by atoms with Crippen LogP contribution in [0.5, 0.6) is 0 Å². The molecule has 0 aromatic heterocycles. The lowest BCUT2D eigenvalue weighted by Gasteiger charge is -2.12. The van der Waals surface area contributed by atoms with E-state index in [1.54, 1.807) is 91.9 Å². The van der Waals surface area contributed by atoms with E-state index in [4.69, 9.17) is 4.74 Å². The molecule has 228 valence electrons. The molecule has 45 heavy (non-hydrogen) atoms. The highest BCUT2D eigenvalue weighted by atomic mass is 32.2. The van der Waals surface area contributed by atoms with E-state index in [0.29, 0.717) is 27.4 Å². The molecule has 4 rings (SSSR count). The molecule has 0 aliphatic rings. The van der Waals surface area contributed by atoms with Crippen molar-refractivity contribution in [2.75, 3.05) is 23.0 Å². The summed E-state index contributed by atoms with van der Waals surface area (Å²) >= 11 is 1.23. The van der Waals surface area contributed by atoms with Crippen molar-refractivity contribution in [1.82, 2.24) is 5.32 Å². The summed E-state index contributed by atoms with van der Waals surface area (Å²) in [6, 6.07) is 27.2. The Balaban J connectivity index is 1.44. The van der Waals surface area contributed by atoms with E-state index in [1.165, 1.54) is 36.0 Å². The normalized spacial score (nSPS) is 10.8. The van der Waals surface area contributed by atoms with Crippen molar-refractivity contribution < 1.29 is 28.8 Å². The van der Waals surface area contributed by atoms with Gasteiger partial charge >= 0.3 is 5.97 Å². The number of nitro benzene ring substituents is 1. The van der Waals surface area contributed by atoms with E-state index in [1.807, 2.05) is 0 Å². The first-order valence-electron chi connectivity index (χ1n) is 13.7. The van der Waals surface area contributed by atoms with Gasteiger partial charge in [-0.15, -0.1) is 11.8 Å². The van der Waals surface area contributed by atoms with Crippen LogP contribution >= 0.6 is 11.8 Å². The number of thioether (sulfide) groups is 1. The average Bonchev–Trinajstić information content (AvgIpc) is 3.04. The maximum atomic E-state index is 13.4. The first-order valence-corrected chi connectivity index (χ1v) is 14.6. The fraction of sp³-hybridized carbons (Fsp3) is 0.0909. The summed E-state index contributed by atoms with van der Waals surface area (Å²) in [7, 11) is 0. The number of amides is 3. The van der Waals surface area contributed by atoms with Crippen molar-refractivity contribution in [2.24, 2.45) is 0 Å². The molecule has 12 heteroatoms. The number of hydrogen-bond donors (Lipinski definition) is 3. The number of para-hydroxylation sites is 1. The van der Waals surface area contributed by atoms with Gasteiger partial charge in [0.05, 0.1) is 28.4 Å². The number of anilines is 2. The number of carbonyl (C=O) groups is 4. The molecule has 3 N–H and O–H groups in total. The number of esters is 1. The third-order valence-corrected chi connectivity index (χ3v) is 7.10. The van der Waals surface area contributed by atoms with Crippen LogP contribution in [-0.4, -0.2) is 41.0 Å². The molecule has 4 aromatic rings. The fourth-order valence-corrected chi connectivity index (χ4v) is 4.74. The smallest absolute Gasteiger partial charge is 0.338 e. The van der Waals surface area contributed by atoms with E-state index in [0.717, 1.165) is 0 Å². The highest BCUT2D eigenvalue weighted by Crippen LogP contribution is 2.24. The molecule has 0 atom stereocenters. The van der Waals surface area contributed by atoms with Crippen LogP contribution in [0.15, 0.2) is 114 Å². The minimum absolute atomic E-state index is 0.0625. The molecule has 3 amide bonds. The van der Waals surface area contributed by atoms with Crippen LogP contribution < -0.4 is 16.0 Å². The van der Waals surface area contributed by atoms with Crippen LogP contribution in [0.2, 0.25) is 0 Å². The predicted molar refractivity (Wildman–Crippen MR) is 172 cm³/mol. The van der Waals surface area contributed by atoms with Gasteiger partial charge in [0.25, 0.3) is 17.5 Å². The summed E-state index contributed by atoms with van der Waals surface area (Å²) < 4.78 is 4.96. The number of nitrogens with one attached hydrogen (secondary N) is 3. The van der Waals surface area contributed by atoms with Crippen LogP contribution in [-0.2, 0) is 14.3 Å². The largest absolute Gasteiger partial charge is 0.462 e. The molecule has 4 aromatic carbocycles. The summed E-state index contributed by atoms with van der Waals surface area (Å²) in [5, 5.41) is 19.6. The number of carbonyl (C=O) groups excluding carboxylic acids is 4. The Kier molecular flexibility index (Phi) is 11.2. The van der Waals surface area contributed by atoms with E-state index in [2.05, 4.69) is 16.0 Å². The lowest BCUT2D eigenvalue weighted by molar-refractivity contribution is -0.385. The van der Waals surface area contributed by atoms with E-state index in [-0.39, 0.29) is 35.2 Å². The monoisotopic (exact) mass is 624 g/mol. The highest BCUT2D eigenvalue weighted by Gasteiger charge is 2.18. The molecule has 0 bridgehead atoms. The molecule has 0 spiro atoms. The van der Waals surface area contributed by atoms with Gasteiger partial charge in [0.1, 0.15) is 5.70 Å². The molecule has 0 aliphatic carbocycles. The standard InChI is InChI=1S/C33H28N4O7S/c1-2-44-33(41)23-15-17-25(18-16-23)34-30(38)21-45-27-13-8-12-26(20-27)35-32(40)28(36-31(39)22-9-4-3-5-10-22)19-24-11-6-7-14-29(24)37(42)43/h3-20H,2,21H2,1H3,(H,34,38)(H,35,40)(H,36,39)/b28-19+. The van der Waals surface area contributed by atoms with Gasteiger partial charge in [-0.25, -0.2) is 4.79 Å². The van der Waals surface area contributed by atoms with Crippen molar-refractivity contribution >= 4 is 58.6 Å². The van der Waals surface area contributed by atoms with Gasteiger partial charge < -0.3 is 20.7 Å². The highest BCUT2D eigenvalue weighted by molar-refractivity contribution is 8.00. The van der Waals surface area contributed by atoms with Crippen molar-refractivity contribution in [3.05, 3.63) is 136 Å². The first-order chi connectivity index (χ1) is 21.7. The summed E-state index contributed by atoms with van der Waals surface area (Å²) in [6.45, 7) is 1.98. The predicted octanol–water partition coefficient (Wildman–Crippen LogP) is 5.91. The van der Waals surface area contributed by atoms with E-state index < -0.39 is 22.7 Å². The lowest BCUT2D eigenvalue weighted by atomic mass is 10.1. The zero-order valence-corrected chi connectivity index (χ0v) is 24.8. The van der Waals surface area contributed by atoms with Gasteiger partial charge in [0, 0.05) is 27.9 Å². The summed E-state index contributed by atoms with van der Waals surface area (Å²) in [4.78, 5) is 62.3. The Morgan fingerprint density at radius 1 is 0.822 bits per heavy atom. The second-order valence-corrected chi connectivity index (χ2v) is 10.4. The number of nitrogens with zero attached hydrogens (tertiary/aromatic N) is 1. The summed E-state index contributed by atoms with van der Waals surface area (Å²) in [6.07, 6.45) is 1.25. The number of nitro groups is 1. The maximum absolute atomic E-state index is 13.4. The van der Waals surface area contributed by atoms with Crippen LogP contribution in [0.3, 0.4) is 0 Å². The molecule has 0 heterocycles. The third-order valence-electron chi connectivity index (χ3n) is 6.10. The van der Waals surface area contributed by atoms with Crippen LogP contribution in [0.1, 0.15) is 33.2 Å². The summed E-state index contributed by atoms with van der Waals surface area (Å²) in [5.74, 6) is -1.94. The number of rotatable bonds is 12. The SMILES string of the molecule is CCOC(=O)c1ccc(NC(=O)CSc2cccc(NC(=O)/C(=C\c3ccccc3[N+](=O)[O-])NC(=O)c3ccccc3)c2)cc1. The second-order valence-electron chi connectivity index (χ2n) is 9.31. The Hall–Kier alpha value is -5.75. The Bertz CT molecular complexity index is 1740. The molecule has 0 saturated carbocycles. The maximum Gasteiger partial charge on any atom is 0.338 e. The molecular formula is C33H28N4O7S. The van der Waals surface area contributed by atoms with Crippen LogP contribution in [0.4, 0.5) is 17.1 Å². The van der Waals surface area contributed by atoms with Crippen molar-refractivity contribution in [3.63, 3.8) is 0 Å². The van der Waals surface area contributed by atoms with Gasteiger partial charge in [0.15, 0.2) is 0 Å². The van der Waals surface area contributed by atoms with Gasteiger partial charge in [-0.05, 0) is 73.7 Å². The molecule has 0 fully saturated rings. The topological polar surface area (TPSA) is 157 Å².